The zero-order valence-corrected chi connectivity index (χ0v) is 12.1. The molecule has 0 saturated heterocycles. The summed E-state index contributed by atoms with van der Waals surface area (Å²) in [5, 5.41) is 11.2. The van der Waals surface area contributed by atoms with Gasteiger partial charge in [-0.1, -0.05) is 45.7 Å². The van der Waals surface area contributed by atoms with E-state index in [1.165, 1.54) is 12.1 Å². The van der Waals surface area contributed by atoms with Gasteiger partial charge in [-0.15, -0.1) is 0 Å². The Morgan fingerprint density at radius 3 is 2.74 bits per heavy atom. The summed E-state index contributed by atoms with van der Waals surface area (Å²) in [6.07, 6.45) is 0. The first-order valence-electron chi connectivity index (χ1n) is 5.44. The number of carboxylic acid groups (broad SMARTS) is 1. The van der Waals surface area contributed by atoms with Crippen LogP contribution in [0, 0.1) is 0 Å². The van der Waals surface area contributed by atoms with Crippen LogP contribution >= 0.6 is 27.5 Å². The van der Waals surface area contributed by atoms with Gasteiger partial charge < -0.3 is 14.6 Å². The lowest BCUT2D eigenvalue weighted by atomic mass is 10.1. The van der Waals surface area contributed by atoms with Gasteiger partial charge in [-0.2, -0.15) is 0 Å². The number of hydrogen-bond acceptors (Lipinski definition) is 3. The van der Waals surface area contributed by atoms with Crippen LogP contribution < -0.4 is 9.84 Å². The standard InChI is InChI=1S/C14H10BrClO3/c15-11-4-5-13(12(16)7-11)19-8-9-2-1-3-10(6-9)14(17)18/h1-7H,8H2,(H,17,18)/p-1. The molecule has 0 fully saturated rings. The van der Waals surface area contributed by atoms with Crippen LogP contribution in [0.2, 0.25) is 5.02 Å². The van der Waals surface area contributed by atoms with Crippen molar-refractivity contribution in [1.29, 1.82) is 0 Å². The SMILES string of the molecule is O=C([O-])c1cccc(COc2ccc(Br)cc2Cl)c1. The monoisotopic (exact) mass is 339 g/mol. The van der Waals surface area contributed by atoms with Crippen molar-refractivity contribution >= 4 is 33.5 Å². The Morgan fingerprint density at radius 2 is 2.05 bits per heavy atom. The minimum absolute atomic E-state index is 0.128. The summed E-state index contributed by atoms with van der Waals surface area (Å²) in [6.45, 7) is 0.239. The molecule has 2 rings (SSSR count). The number of benzene rings is 2. The van der Waals surface area contributed by atoms with Crippen LogP contribution in [0.25, 0.3) is 0 Å². The van der Waals surface area contributed by atoms with Gasteiger partial charge in [0, 0.05) is 4.47 Å². The van der Waals surface area contributed by atoms with Gasteiger partial charge in [0.1, 0.15) is 12.4 Å². The zero-order chi connectivity index (χ0) is 13.8. The molecule has 0 spiro atoms. The highest BCUT2D eigenvalue weighted by molar-refractivity contribution is 9.10. The average Bonchev–Trinajstić information content (AvgIpc) is 2.38. The van der Waals surface area contributed by atoms with Crippen LogP contribution in [0.3, 0.4) is 0 Å². The van der Waals surface area contributed by atoms with Crippen molar-refractivity contribution < 1.29 is 14.6 Å². The second kappa shape index (κ2) is 6.08. The molecule has 0 aliphatic heterocycles. The van der Waals surface area contributed by atoms with E-state index in [9.17, 15) is 9.90 Å². The molecular weight excluding hydrogens is 332 g/mol. The summed E-state index contributed by atoms with van der Waals surface area (Å²) < 4.78 is 6.41. The first kappa shape index (κ1) is 13.9. The minimum atomic E-state index is -1.21. The Kier molecular flexibility index (Phi) is 4.45. The number of hydrogen-bond donors (Lipinski definition) is 0. The minimum Gasteiger partial charge on any atom is -0.545 e. The van der Waals surface area contributed by atoms with Crippen LogP contribution in [0.5, 0.6) is 5.75 Å². The third-order valence-corrected chi connectivity index (χ3v) is 3.24. The topological polar surface area (TPSA) is 49.4 Å². The Balaban J connectivity index is 2.10. The molecule has 0 N–H and O–H groups in total. The van der Waals surface area contributed by atoms with Gasteiger partial charge in [-0.3, -0.25) is 0 Å². The molecule has 0 aliphatic carbocycles. The van der Waals surface area contributed by atoms with Crippen molar-refractivity contribution in [1.82, 2.24) is 0 Å². The van der Waals surface area contributed by atoms with Crippen LogP contribution in [-0.2, 0) is 6.61 Å². The lowest BCUT2D eigenvalue weighted by Crippen LogP contribution is -2.22. The predicted molar refractivity (Wildman–Crippen MR) is 74.3 cm³/mol. The summed E-state index contributed by atoms with van der Waals surface area (Å²) in [4.78, 5) is 10.7. The smallest absolute Gasteiger partial charge is 0.138 e. The Hall–Kier alpha value is -1.52. The molecule has 0 atom stereocenters. The molecule has 2 aromatic rings. The van der Waals surface area contributed by atoms with Crippen LogP contribution in [0.1, 0.15) is 15.9 Å². The molecule has 5 heteroatoms. The third-order valence-electron chi connectivity index (χ3n) is 2.45. The summed E-state index contributed by atoms with van der Waals surface area (Å²) in [6, 6.07) is 11.7. The van der Waals surface area contributed by atoms with Crippen LogP contribution in [-0.4, -0.2) is 5.97 Å². The molecule has 2 aromatic carbocycles. The molecule has 0 aromatic heterocycles. The highest BCUT2D eigenvalue weighted by Gasteiger charge is 2.03. The number of rotatable bonds is 4. The molecule has 0 amide bonds. The first-order chi connectivity index (χ1) is 9.06. The zero-order valence-electron chi connectivity index (χ0n) is 9.73. The molecule has 0 radical (unpaired) electrons. The summed E-state index contributed by atoms with van der Waals surface area (Å²) in [7, 11) is 0. The molecule has 19 heavy (non-hydrogen) atoms. The Bertz CT molecular complexity index is 613. The summed E-state index contributed by atoms with van der Waals surface area (Å²) >= 11 is 9.32. The van der Waals surface area contributed by atoms with Gasteiger partial charge in [0.25, 0.3) is 0 Å². The lowest BCUT2D eigenvalue weighted by Gasteiger charge is -2.10. The van der Waals surface area contributed by atoms with E-state index >= 15 is 0 Å². The van der Waals surface area contributed by atoms with E-state index in [4.69, 9.17) is 16.3 Å². The highest BCUT2D eigenvalue weighted by atomic mass is 79.9. The number of carbonyl (C=O) groups excluding carboxylic acids is 1. The van der Waals surface area contributed by atoms with Crippen molar-refractivity contribution in [3.63, 3.8) is 0 Å². The normalized spacial score (nSPS) is 10.2. The summed E-state index contributed by atoms with van der Waals surface area (Å²) in [5.74, 6) is -0.660. The fraction of sp³-hybridized carbons (Fsp3) is 0.0714. The van der Waals surface area contributed by atoms with E-state index in [0.29, 0.717) is 10.8 Å². The second-order valence-electron chi connectivity index (χ2n) is 3.85. The van der Waals surface area contributed by atoms with E-state index < -0.39 is 5.97 Å². The van der Waals surface area contributed by atoms with Crippen LogP contribution in [0.4, 0.5) is 0 Å². The van der Waals surface area contributed by atoms with Gasteiger partial charge in [-0.25, -0.2) is 0 Å². The first-order valence-corrected chi connectivity index (χ1v) is 6.61. The molecule has 3 nitrogen and oxygen atoms in total. The number of carbonyl (C=O) groups is 1. The fourth-order valence-electron chi connectivity index (χ4n) is 1.54. The number of halogens is 2. The largest absolute Gasteiger partial charge is 0.545 e. The van der Waals surface area contributed by atoms with Crippen molar-refractivity contribution in [2.75, 3.05) is 0 Å². The number of aromatic carboxylic acids is 1. The number of carboxylic acids is 1. The van der Waals surface area contributed by atoms with E-state index in [0.717, 1.165) is 10.0 Å². The summed E-state index contributed by atoms with van der Waals surface area (Å²) in [5.41, 5.74) is 0.865. The van der Waals surface area contributed by atoms with Gasteiger partial charge in [-0.05, 0) is 35.4 Å². The molecule has 0 aliphatic rings. The van der Waals surface area contributed by atoms with Crippen molar-refractivity contribution in [3.8, 4) is 5.75 Å². The Labute approximate surface area is 123 Å². The van der Waals surface area contributed by atoms with Gasteiger partial charge in [0.15, 0.2) is 0 Å². The second-order valence-corrected chi connectivity index (χ2v) is 5.17. The van der Waals surface area contributed by atoms with Gasteiger partial charge in [0.2, 0.25) is 0 Å². The molecule has 0 bridgehead atoms. The quantitative estimate of drug-likeness (QED) is 0.859. The predicted octanol–water partition coefficient (Wildman–Crippen LogP) is 3.05. The molecular formula is C14H9BrClO3-. The molecule has 0 saturated carbocycles. The maximum absolute atomic E-state index is 10.7. The highest BCUT2D eigenvalue weighted by Crippen LogP contribution is 2.28. The maximum Gasteiger partial charge on any atom is 0.138 e. The fourth-order valence-corrected chi connectivity index (χ4v) is 2.27. The van der Waals surface area contributed by atoms with Crippen molar-refractivity contribution in [3.05, 3.63) is 63.1 Å². The van der Waals surface area contributed by atoms with E-state index in [1.807, 2.05) is 6.07 Å². The number of ether oxygens (including phenoxy) is 1. The van der Waals surface area contributed by atoms with Gasteiger partial charge >= 0.3 is 0 Å². The van der Waals surface area contributed by atoms with E-state index in [1.54, 1.807) is 24.3 Å². The van der Waals surface area contributed by atoms with E-state index in [2.05, 4.69) is 15.9 Å². The third kappa shape index (κ3) is 3.72. The molecule has 98 valence electrons. The average molecular weight is 341 g/mol. The van der Waals surface area contributed by atoms with Crippen molar-refractivity contribution in [2.45, 2.75) is 6.61 Å². The van der Waals surface area contributed by atoms with Crippen LogP contribution in [0.15, 0.2) is 46.9 Å². The molecule has 0 heterocycles. The van der Waals surface area contributed by atoms with E-state index in [-0.39, 0.29) is 12.2 Å². The lowest BCUT2D eigenvalue weighted by molar-refractivity contribution is -0.255. The maximum atomic E-state index is 10.7. The van der Waals surface area contributed by atoms with Gasteiger partial charge in [0.05, 0.1) is 11.0 Å². The molecule has 0 unspecified atom stereocenters. The van der Waals surface area contributed by atoms with Crippen molar-refractivity contribution in [2.24, 2.45) is 0 Å². The Morgan fingerprint density at radius 1 is 1.26 bits per heavy atom.